The molecule has 1 heterocycles. The van der Waals surface area contributed by atoms with Gasteiger partial charge in [-0.05, 0) is 25.3 Å². The Hall–Kier alpha value is -2.17. The summed E-state index contributed by atoms with van der Waals surface area (Å²) >= 11 is 0. The van der Waals surface area contributed by atoms with E-state index in [9.17, 15) is 4.79 Å². The third kappa shape index (κ3) is 4.41. The van der Waals surface area contributed by atoms with Crippen molar-refractivity contribution in [1.29, 1.82) is 0 Å². The van der Waals surface area contributed by atoms with E-state index >= 15 is 0 Å². The van der Waals surface area contributed by atoms with Gasteiger partial charge in [0.05, 0.1) is 0 Å². The first-order chi connectivity index (χ1) is 10.2. The van der Waals surface area contributed by atoms with E-state index in [4.69, 9.17) is 4.52 Å². The molecule has 0 aliphatic heterocycles. The highest BCUT2D eigenvalue weighted by atomic mass is 16.5. The van der Waals surface area contributed by atoms with E-state index in [0.29, 0.717) is 18.1 Å². The summed E-state index contributed by atoms with van der Waals surface area (Å²) in [6.07, 6.45) is 0.455. The molecule has 2 aromatic rings. The van der Waals surface area contributed by atoms with E-state index < -0.39 is 0 Å². The Kier molecular flexibility index (Phi) is 4.64. The van der Waals surface area contributed by atoms with E-state index in [2.05, 4.69) is 15.5 Å². The quantitative estimate of drug-likeness (QED) is 0.935. The van der Waals surface area contributed by atoms with Crippen molar-refractivity contribution in [3.8, 4) is 11.4 Å². The Bertz CT molecular complexity index is 656. The Morgan fingerprint density at radius 3 is 2.73 bits per heavy atom. The van der Waals surface area contributed by atoms with Crippen molar-refractivity contribution in [3.63, 3.8) is 0 Å². The standard InChI is InChI=1S/C17H23N3O2/c1-11-7-6-8-13(9-11)15-19-16(22-20-15)12(2)18-14(21)10-17(3,4)5/h6-9,12H,10H2,1-5H3,(H,18,21)/t12-/m0/s1. The van der Waals surface area contributed by atoms with Crippen LogP contribution >= 0.6 is 0 Å². The highest BCUT2D eigenvalue weighted by Gasteiger charge is 2.21. The maximum atomic E-state index is 12.0. The van der Waals surface area contributed by atoms with E-state index in [1.165, 1.54) is 0 Å². The Morgan fingerprint density at radius 2 is 2.09 bits per heavy atom. The molecule has 1 amide bonds. The number of aryl methyl sites for hydroxylation is 1. The molecule has 5 nitrogen and oxygen atoms in total. The molecule has 0 unspecified atom stereocenters. The third-order valence-corrected chi connectivity index (χ3v) is 3.16. The summed E-state index contributed by atoms with van der Waals surface area (Å²) in [4.78, 5) is 16.3. The van der Waals surface area contributed by atoms with E-state index in [1.807, 2.05) is 58.9 Å². The third-order valence-electron chi connectivity index (χ3n) is 3.16. The Labute approximate surface area is 131 Å². The topological polar surface area (TPSA) is 68.0 Å². The summed E-state index contributed by atoms with van der Waals surface area (Å²) in [6.45, 7) is 9.94. The smallest absolute Gasteiger partial charge is 0.249 e. The molecule has 118 valence electrons. The average molecular weight is 301 g/mol. The van der Waals surface area contributed by atoms with Gasteiger partial charge in [0.2, 0.25) is 17.6 Å². The van der Waals surface area contributed by atoms with Gasteiger partial charge in [0.1, 0.15) is 6.04 Å². The van der Waals surface area contributed by atoms with Crippen molar-refractivity contribution in [2.45, 2.75) is 47.1 Å². The van der Waals surface area contributed by atoms with E-state index in [1.54, 1.807) is 0 Å². The number of nitrogens with one attached hydrogen (secondary N) is 1. The van der Waals surface area contributed by atoms with E-state index in [0.717, 1.165) is 11.1 Å². The highest BCUT2D eigenvalue weighted by Crippen LogP contribution is 2.21. The molecule has 0 saturated carbocycles. The first-order valence-corrected chi connectivity index (χ1v) is 7.44. The fourth-order valence-electron chi connectivity index (χ4n) is 2.15. The molecule has 1 N–H and O–H groups in total. The van der Waals surface area contributed by atoms with Gasteiger partial charge in [-0.2, -0.15) is 4.98 Å². The minimum atomic E-state index is -0.305. The molecule has 0 spiro atoms. The van der Waals surface area contributed by atoms with Crippen molar-refractivity contribution in [2.75, 3.05) is 0 Å². The lowest BCUT2D eigenvalue weighted by Gasteiger charge is -2.18. The lowest BCUT2D eigenvalue weighted by atomic mass is 9.92. The Balaban J connectivity index is 2.06. The summed E-state index contributed by atoms with van der Waals surface area (Å²) in [5.74, 6) is 0.935. The lowest BCUT2D eigenvalue weighted by molar-refractivity contribution is -0.123. The molecule has 0 radical (unpaired) electrons. The minimum absolute atomic E-state index is 0.0182. The maximum absolute atomic E-state index is 12.0. The van der Waals surface area contributed by atoms with Gasteiger partial charge in [-0.3, -0.25) is 4.79 Å². The number of aromatic nitrogens is 2. The molecule has 1 aromatic heterocycles. The van der Waals surface area contributed by atoms with Crippen molar-refractivity contribution in [1.82, 2.24) is 15.5 Å². The SMILES string of the molecule is Cc1cccc(-c2noc([C@H](C)NC(=O)CC(C)(C)C)n2)c1. The lowest BCUT2D eigenvalue weighted by Crippen LogP contribution is -2.30. The summed E-state index contributed by atoms with van der Waals surface area (Å²) in [6, 6.07) is 7.60. The first kappa shape index (κ1) is 16.2. The number of nitrogens with zero attached hydrogens (tertiary/aromatic N) is 2. The van der Waals surface area contributed by atoms with Crippen molar-refractivity contribution < 1.29 is 9.32 Å². The minimum Gasteiger partial charge on any atom is -0.345 e. The zero-order valence-corrected chi connectivity index (χ0v) is 13.8. The largest absolute Gasteiger partial charge is 0.345 e. The van der Waals surface area contributed by atoms with E-state index in [-0.39, 0.29) is 17.4 Å². The van der Waals surface area contributed by atoms with Crippen LogP contribution in [-0.4, -0.2) is 16.0 Å². The number of carbonyl (C=O) groups is 1. The summed E-state index contributed by atoms with van der Waals surface area (Å²) in [5, 5.41) is 6.89. The molecule has 1 aromatic carbocycles. The molecule has 0 bridgehead atoms. The van der Waals surface area contributed by atoms with Gasteiger partial charge in [-0.15, -0.1) is 0 Å². The van der Waals surface area contributed by atoms with Crippen LogP contribution in [0.4, 0.5) is 0 Å². The van der Waals surface area contributed by atoms with Gasteiger partial charge in [-0.1, -0.05) is 49.7 Å². The van der Waals surface area contributed by atoms with Crippen LogP contribution in [0, 0.1) is 12.3 Å². The van der Waals surface area contributed by atoms with Gasteiger partial charge in [0.15, 0.2) is 0 Å². The number of rotatable bonds is 4. The number of hydrogen-bond donors (Lipinski definition) is 1. The number of benzene rings is 1. The van der Waals surface area contributed by atoms with Crippen molar-refractivity contribution in [3.05, 3.63) is 35.7 Å². The zero-order valence-electron chi connectivity index (χ0n) is 13.8. The molecule has 0 aliphatic rings. The first-order valence-electron chi connectivity index (χ1n) is 7.44. The predicted molar refractivity (Wildman–Crippen MR) is 85.1 cm³/mol. The summed E-state index contributed by atoms with van der Waals surface area (Å²) in [7, 11) is 0. The van der Waals surface area contributed by atoms with Gasteiger partial charge >= 0.3 is 0 Å². The molecular weight excluding hydrogens is 278 g/mol. The second-order valence-corrected chi connectivity index (χ2v) is 6.85. The van der Waals surface area contributed by atoms with Crippen molar-refractivity contribution >= 4 is 5.91 Å². The number of carbonyl (C=O) groups excluding carboxylic acids is 1. The van der Waals surface area contributed by atoms with Crippen LogP contribution in [-0.2, 0) is 4.79 Å². The van der Waals surface area contributed by atoms with Crippen LogP contribution in [0.2, 0.25) is 0 Å². The molecule has 1 atom stereocenters. The van der Waals surface area contributed by atoms with Gasteiger partial charge in [0.25, 0.3) is 0 Å². The average Bonchev–Trinajstić information content (AvgIpc) is 2.85. The highest BCUT2D eigenvalue weighted by molar-refractivity contribution is 5.76. The fourth-order valence-corrected chi connectivity index (χ4v) is 2.15. The second-order valence-electron chi connectivity index (χ2n) is 6.85. The molecule has 0 fully saturated rings. The molecule has 0 aliphatic carbocycles. The second kappa shape index (κ2) is 6.30. The van der Waals surface area contributed by atoms with Crippen molar-refractivity contribution in [2.24, 2.45) is 5.41 Å². The number of hydrogen-bond acceptors (Lipinski definition) is 4. The molecule has 0 saturated heterocycles. The molecular formula is C17H23N3O2. The van der Waals surface area contributed by atoms with Crippen LogP contribution < -0.4 is 5.32 Å². The normalized spacial score (nSPS) is 13.0. The summed E-state index contributed by atoms with van der Waals surface area (Å²) < 4.78 is 5.28. The number of amides is 1. The maximum Gasteiger partial charge on any atom is 0.249 e. The fraction of sp³-hybridized carbons (Fsp3) is 0.471. The van der Waals surface area contributed by atoms with Crippen LogP contribution in [0.25, 0.3) is 11.4 Å². The van der Waals surface area contributed by atoms with Gasteiger partial charge in [0, 0.05) is 12.0 Å². The summed E-state index contributed by atoms with van der Waals surface area (Å²) in [5.41, 5.74) is 1.99. The zero-order chi connectivity index (χ0) is 16.3. The monoisotopic (exact) mass is 301 g/mol. The van der Waals surface area contributed by atoms with Crippen LogP contribution in [0.5, 0.6) is 0 Å². The van der Waals surface area contributed by atoms with Crippen LogP contribution in [0.15, 0.2) is 28.8 Å². The Morgan fingerprint density at radius 1 is 1.36 bits per heavy atom. The molecule has 2 rings (SSSR count). The van der Waals surface area contributed by atoms with Gasteiger partial charge < -0.3 is 9.84 Å². The van der Waals surface area contributed by atoms with Crippen LogP contribution in [0.3, 0.4) is 0 Å². The molecule has 5 heteroatoms. The van der Waals surface area contributed by atoms with Crippen LogP contribution in [0.1, 0.15) is 51.6 Å². The molecule has 22 heavy (non-hydrogen) atoms. The van der Waals surface area contributed by atoms with Gasteiger partial charge in [-0.25, -0.2) is 0 Å². The predicted octanol–water partition coefficient (Wildman–Crippen LogP) is 3.66.